The number of benzene rings is 3. The zero-order valence-electron chi connectivity index (χ0n) is 19.7. The molecule has 178 valence electrons. The zero-order chi connectivity index (χ0) is 24.7. The van der Waals surface area contributed by atoms with Gasteiger partial charge >= 0.3 is 0 Å². The van der Waals surface area contributed by atoms with E-state index in [9.17, 15) is 9.59 Å². The van der Waals surface area contributed by atoms with Gasteiger partial charge in [-0.15, -0.1) is 0 Å². The lowest BCUT2D eigenvalue weighted by molar-refractivity contribution is -0.141. The van der Waals surface area contributed by atoms with Crippen LogP contribution in [0.4, 0.5) is 0 Å². The van der Waals surface area contributed by atoms with Gasteiger partial charge < -0.3 is 10.2 Å². The quantitative estimate of drug-likeness (QED) is 0.394. The smallest absolute Gasteiger partial charge is 0.243 e. The molecule has 0 aliphatic carbocycles. The second-order valence-corrected chi connectivity index (χ2v) is 9.56. The fourth-order valence-corrected chi connectivity index (χ4v) is 4.16. The second kappa shape index (κ2) is 12.0. The molecule has 2 amide bonds. The first-order valence-electron chi connectivity index (χ1n) is 11.4. The maximum Gasteiger partial charge on any atom is 0.243 e. The van der Waals surface area contributed by atoms with Crippen LogP contribution in [0.1, 0.15) is 36.1 Å². The van der Waals surface area contributed by atoms with E-state index in [-0.39, 0.29) is 30.8 Å². The molecule has 3 aromatic carbocycles. The van der Waals surface area contributed by atoms with Crippen LogP contribution in [0, 0.1) is 6.92 Å². The number of rotatable bonds is 9. The largest absolute Gasteiger partial charge is 0.352 e. The molecular weight excluding hydrogens is 467 g/mol. The van der Waals surface area contributed by atoms with E-state index in [0.717, 1.165) is 22.3 Å². The van der Waals surface area contributed by atoms with E-state index in [2.05, 4.69) is 5.32 Å². The molecule has 0 unspecified atom stereocenters. The predicted molar refractivity (Wildman–Crippen MR) is 139 cm³/mol. The number of carbonyl (C=O) groups excluding carboxylic acids is 2. The van der Waals surface area contributed by atoms with E-state index in [4.69, 9.17) is 23.2 Å². The Morgan fingerprint density at radius 2 is 1.56 bits per heavy atom. The van der Waals surface area contributed by atoms with Crippen molar-refractivity contribution in [1.29, 1.82) is 0 Å². The maximum absolute atomic E-state index is 13.7. The van der Waals surface area contributed by atoms with E-state index in [0.29, 0.717) is 16.5 Å². The molecule has 3 aromatic rings. The van der Waals surface area contributed by atoms with Crippen LogP contribution in [0.2, 0.25) is 10.0 Å². The molecule has 34 heavy (non-hydrogen) atoms. The van der Waals surface area contributed by atoms with Gasteiger partial charge in [-0.2, -0.15) is 0 Å². The van der Waals surface area contributed by atoms with Crippen molar-refractivity contribution in [3.63, 3.8) is 0 Å². The molecule has 0 bridgehead atoms. The molecule has 0 heterocycles. The Balaban J connectivity index is 2.00. The van der Waals surface area contributed by atoms with Crippen LogP contribution in [0.15, 0.2) is 72.8 Å². The molecule has 0 spiro atoms. The number of nitrogens with zero attached hydrogens (tertiary/aromatic N) is 1. The van der Waals surface area contributed by atoms with Gasteiger partial charge in [0.15, 0.2) is 0 Å². The van der Waals surface area contributed by atoms with Crippen molar-refractivity contribution < 1.29 is 9.59 Å². The summed E-state index contributed by atoms with van der Waals surface area (Å²) in [7, 11) is 0. The highest BCUT2D eigenvalue weighted by molar-refractivity contribution is 6.42. The molecule has 0 saturated heterocycles. The van der Waals surface area contributed by atoms with Crippen LogP contribution < -0.4 is 5.32 Å². The van der Waals surface area contributed by atoms with Crippen molar-refractivity contribution in [2.45, 2.75) is 52.2 Å². The standard InChI is InChI=1S/C28H30Cl2N2O2/c1-19(2)31-28(34)26(16-21-10-5-4-6-11-21)32(18-22-13-14-24(29)25(30)15-22)27(33)17-23-12-8-7-9-20(23)3/h4-15,19,26H,16-18H2,1-3H3,(H,31,34)/t26-/m0/s1. The Labute approximate surface area is 211 Å². The van der Waals surface area contributed by atoms with Crippen LogP contribution in [-0.4, -0.2) is 28.8 Å². The number of carbonyl (C=O) groups is 2. The highest BCUT2D eigenvalue weighted by Gasteiger charge is 2.31. The molecule has 0 saturated carbocycles. The van der Waals surface area contributed by atoms with Gasteiger partial charge in [-0.3, -0.25) is 9.59 Å². The first kappa shape index (κ1) is 25.8. The number of nitrogens with one attached hydrogen (secondary N) is 1. The summed E-state index contributed by atoms with van der Waals surface area (Å²) in [5, 5.41) is 3.86. The van der Waals surface area contributed by atoms with E-state index in [1.54, 1.807) is 17.0 Å². The first-order chi connectivity index (χ1) is 16.2. The Hall–Kier alpha value is -2.82. The van der Waals surface area contributed by atoms with Crippen LogP contribution in [-0.2, 0) is 29.0 Å². The lowest BCUT2D eigenvalue weighted by Crippen LogP contribution is -2.52. The van der Waals surface area contributed by atoms with Gasteiger partial charge in [0.05, 0.1) is 16.5 Å². The summed E-state index contributed by atoms with van der Waals surface area (Å²) in [6.45, 7) is 6.05. The predicted octanol–water partition coefficient (Wildman–Crippen LogP) is 6.01. The normalized spacial score (nSPS) is 11.8. The van der Waals surface area contributed by atoms with Crippen molar-refractivity contribution in [3.8, 4) is 0 Å². The number of hydrogen-bond acceptors (Lipinski definition) is 2. The highest BCUT2D eigenvalue weighted by atomic mass is 35.5. The molecule has 3 rings (SSSR count). The third-order valence-corrected chi connectivity index (χ3v) is 6.38. The fourth-order valence-electron chi connectivity index (χ4n) is 3.84. The molecule has 1 atom stereocenters. The number of amides is 2. The third kappa shape index (κ3) is 7.09. The van der Waals surface area contributed by atoms with Gasteiger partial charge in [-0.1, -0.05) is 83.9 Å². The third-order valence-electron chi connectivity index (χ3n) is 5.64. The number of halogens is 2. The number of hydrogen-bond donors (Lipinski definition) is 1. The van der Waals surface area contributed by atoms with Crippen LogP contribution in [0.3, 0.4) is 0 Å². The molecule has 0 fully saturated rings. The minimum Gasteiger partial charge on any atom is -0.352 e. The monoisotopic (exact) mass is 496 g/mol. The SMILES string of the molecule is Cc1ccccc1CC(=O)N(Cc1ccc(Cl)c(Cl)c1)[C@@H](Cc1ccccc1)C(=O)NC(C)C. The Morgan fingerprint density at radius 3 is 2.21 bits per heavy atom. The van der Waals surface area contributed by atoms with Gasteiger partial charge in [0.2, 0.25) is 11.8 Å². The van der Waals surface area contributed by atoms with Crippen molar-refractivity contribution in [2.24, 2.45) is 0 Å². The van der Waals surface area contributed by atoms with Crippen molar-refractivity contribution in [3.05, 3.63) is 105 Å². The average Bonchev–Trinajstić information content (AvgIpc) is 2.80. The molecule has 0 aromatic heterocycles. The van der Waals surface area contributed by atoms with E-state index in [1.807, 2.05) is 81.4 Å². The van der Waals surface area contributed by atoms with E-state index >= 15 is 0 Å². The minimum absolute atomic E-state index is 0.0518. The van der Waals surface area contributed by atoms with Gasteiger partial charge in [0.25, 0.3) is 0 Å². The molecule has 1 N–H and O–H groups in total. The molecule has 0 radical (unpaired) electrons. The van der Waals surface area contributed by atoms with Crippen molar-refractivity contribution in [1.82, 2.24) is 10.2 Å². The summed E-state index contributed by atoms with van der Waals surface area (Å²) < 4.78 is 0. The molecular formula is C28H30Cl2N2O2. The van der Waals surface area contributed by atoms with Gasteiger partial charge in [-0.05, 0) is 55.2 Å². The van der Waals surface area contributed by atoms with Gasteiger partial charge in [-0.25, -0.2) is 0 Å². The van der Waals surface area contributed by atoms with E-state index in [1.165, 1.54) is 0 Å². The van der Waals surface area contributed by atoms with E-state index < -0.39 is 6.04 Å². The van der Waals surface area contributed by atoms with Crippen molar-refractivity contribution >= 4 is 35.0 Å². The van der Waals surface area contributed by atoms with Crippen LogP contribution >= 0.6 is 23.2 Å². The average molecular weight is 497 g/mol. The van der Waals surface area contributed by atoms with Crippen LogP contribution in [0.25, 0.3) is 0 Å². The summed E-state index contributed by atoms with van der Waals surface area (Å²) >= 11 is 12.4. The number of aryl methyl sites for hydroxylation is 1. The molecule has 6 heteroatoms. The summed E-state index contributed by atoms with van der Waals surface area (Å²) in [5.41, 5.74) is 3.77. The molecule has 0 aliphatic heterocycles. The Kier molecular flexibility index (Phi) is 9.14. The lowest BCUT2D eigenvalue weighted by atomic mass is 10.00. The topological polar surface area (TPSA) is 49.4 Å². The Morgan fingerprint density at radius 1 is 0.882 bits per heavy atom. The molecule has 0 aliphatic rings. The van der Waals surface area contributed by atoms with Crippen LogP contribution in [0.5, 0.6) is 0 Å². The second-order valence-electron chi connectivity index (χ2n) is 8.74. The summed E-state index contributed by atoms with van der Waals surface area (Å²) in [4.78, 5) is 28.8. The summed E-state index contributed by atoms with van der Waals surface area (Å²) in [5.74, 6) is -0.308. The summed E-state index contributed by atoms with van der Waals surface area (Å²) in [6.07, 6.45) is 0.606. The molecule has 4 nitrogen and oxygen atoms in total. The summed E-state index contributed by atoms with van der Waals surface area (Å²) in [6, 6.07) is 22.1. The lowest BCUT2D eigenvalue weighted by Gasteiger charge is -2.32. The minimum atomic E-state index is -0.684. The highest BCUT2D eigenvalue weighted by Crippen LogP contribution is 2.25. The first-order valence-corrected chi connectivity index (χ1v) is 12.1. The maximum atomic E-state index is 13.7. The van der Waals surface area contributed by atoms with Gasteiger partial charge in [0.1, 0.15) is 6.04 Å². The Bertz CT molecular complexity index is 1130. The fraction of sp³-hybridized carbons (Fsp3) is 0.286. The van der Waals surface area contributed by atoms with Crippen molar-refractivity contribution in [2.75, 3.05) is 0 Å². The van der Waals surface area contributed by atoms with Gasteiger partial charge in [0, 0.05) is 19.0 Å². The zero-order valence-corrected chi connectivity index (χ0v) is 21.2.